The molecule has 4 rings (SSSR count). The summed E-state index contributed by atoms with van der Waals surface area (Å²) in [5, 5.41) is 5.13. The number of allylic oxidation sites excluding steroid dienone is 2. The van der Waals surface area contributed by atoms with Crippen LogP contribution in [0.5, 0.6) is 0 Å². The third kappa shape index (κ3) is 3.14. The molecule has 2 aromatic rings. The first-order chi connectivity index (χ1) is 13.1. The molecule has 0 saturated carbocycles. The summed E-state index contributed by atoms with van der Waals surface area (Å²) in [6.45, 7) is 1.71. The summed E-state index contributed by atoms with van der Waals surface area (Å²) in [5.41, 5.74) is 1.01. The van der Waals surface area contributed by atoms with E-state index in [0.717, 1.165) is 21.2 Å². The van der Waals surface area contributed by atoms with Crippen molar-refractivity contribution in [2.75, 3.05) is 6.54 Å². The van der Waals surface area contributed by atoms with Crippen LogP contribution in [0.2, 0.25) is 0 Å². The van der Waals surface area contributed by atoms with E-state index in [4.69, 9.17) is 0 Å². The number of amides is 3. The Hall–Kier alpha value is -2.95. The van der Waals surface area contributed by atoms with E-state index in [9.17, 15) is 14.4 Å². The molecule has 0 unspecified atom stereocenters. The Bertz CT molecular complexity index is 918. The van der Waals surface area contributed by atoms with Gasteiger partial charge in [-0.15, -0.1) is 0 Å². The van der Waals surface area contributed by atoms with Gasteiger partial charge in [0.25, 0.3) is 0 Å². The SMILES string of the molecule is C[C@H](NC(=O)CN1C(=O)[C@H]2CC=CC[C@H]2C1=O)c1cccc2ccccc12. The van der Waals surface area contributed by atoms with Crippen LogP contribution >= 0.6 is 0 Å². The van der Waals surface area contributed by atoms with Gasteiger partial charge < -0.3 is 5.32 Å². The summed E-state index contributed by atoms with van der Waals surface area (Å²) in [5.74, 6) is -1.36. The Morgan fingerprint density at radius 1 is 1.04 bits per heavy atom. The lowest BCUT2D eigenvalue weighted by Gasteiger charge is -2.19. The van der Waals surface area contributed by atoms with Gasteiger partial charge in [0.15, 0.2) is 0 Å². The van der Waals surface area contributed by atoms with Crippen LogP contribution in [0.1, 0.15) is 31.4 Å². The first-order valence-corrected chi connectivity index (χ1v) is 9.33. The second-order valence-electron chi connectivity index (χ2n) is 7.28. The van der Waals surface area contributed by atoms with Crippen LogP contribution in [0.15, 0.2) is 54.6 Å². The van der Waals surface area contributed by atoms with Gasteiger partial charge in [0, 0.05) is 0 Å². The normalized spacial score (nSPS) is 22.8. The van der Waals surface area contributed by atoms with Crippen molar-refractivity contribution >= 4 is 28.5 Å². The summed E-state index contributed by atoms with van der Waals surface area (Å²) >= 11 is 0. The topological polar surface area (TPSA) is 66.5 Å². The fraction of sp³-hybridized carbons (Fsp3) is 0.318. The molecule has 27 heavy (non-hydrogen) atoms. The van der Waals surface area contributed by atoms with E-state index in [2.05, 4.69) is 5.32 Å². The maximum absolute atomic E-state index is 12.5. The number of hydrogen-bond donors (Lipinski definition) is 1. The van der Waals surface area contributed by atoms with Crippen LogP contribution < -0.4 is 5.32 Å². The third-order valence-electron chi connectivity index (χ3n) is 5.57. The quantitative estimate of drug-likeness (QED) is 0.672. The molecule has 0 bridgehead atoms. The lowest BCUT2D eigenvalue weighted by atomic mass is 9.85. The van der Waals surface area contributed by atoms with Gasteiger partial charge in [-0.05, 0) is 36.1 Å². The number of fused-ring (bicyclic) bond motifs is 2. The van der Waals surface area contributed by atoms with E-state index in [1.165, 1.54) is 0 Å². The van der Waals surface area contributed by atoms with E-state index >= 15 is 0 Å². The number of rotatable bonds is 4. The highest BCUT2D eigenvalue weighted by Gasteiger charge is 2.47. The highest BCUT2D eigenvalue weighted by molar-refractivity contribution is 6.07. The van der Waals surface area contributed by atoms with Gasteiger partial charge in [0.2, 0.25) is 17.7 Å². The monoisotopic (exact) mass is 362 g/mol. The summed E-state index contributed by atoms with van der Waals surface area (Å²) in [7, 11) is 0. The molecule has 0 radical (unpaired) electrons. The molecule has 1 aliphatic carbocycles. The molecule has 0 aromatic heterocycles. The molecular weight excluding hydrogens is 340 g/mol. The van der Waals surface area contributed by atoms with Gasteiger partial charge >= 0.3 is 0 Å². The van der Waals surface area contributed by atoms with Gasteiger partial charge in [-0.3, -0.25) is 19.3 Å². The molecule has 2 aliphatic rings. The molecule has 2 aromatic carbocycles. The number of nitrogens with one attached hydrogen (secondary N) is 1. The zero-order chi connectivity index (χ0) is 19.0. The molecule has 3 amide bonds. The zero-order valence-electron chi connectivity index (χ0n) is 15.2. The molecule has 138 valence electrons. The third-order valence-corrected chi connectivity index (χ3v) is 5.57. The van der Waals surface area contributed by atoms with Crippen LogP contribution in [0.25, 0.3) is 10.8 Å². The number of nitrogens with zero attached hydrogens (tertiary/aromatic N) is 1. The highest BCUT2D eigenvalue weighted by atomic mass is 16.2. The predicted molar refractivity (Wildman–Crippen MR) is 103 cm³/mol. The Kier molecular flexibility index (Phi) is 4.52. The van der Waals surface area contributed by atoms with Gasteiger partial charge in [-0.1, -0.05) is 54.6 Å². The maximum Gasteiger partial charge on any atom is 0.240 e. The van der Waals surface area contributed by atoms with E-state index in [0.29, 0.717) is 12.8 Å². The van der Waals surface area contributed by atoms with Crippen molar-refractivity contribution in [3.8, 4) is 0 Å². The van der Waals surface area contributed by atoms with E-state index in [1.807, 2.05) is 61.5 Å². The summed E-state index contributed by atoms with van der Waals surface area (Å²) < 4.78 is 0. The highest BCUT2D eigenvalue weighted by Crippen LogP contribution is 2.34. The Balaban J connectivity index is 1.46. The minimum atomic E-state index is -0.316. The number of carbonyl (C=O) groups excluding carboxylic acids is 3. The average molecular weight is 362 g/mol. The van der Waals surface area contributed by atoms with Crippen molar-refractivity contribution in [2.24, 2.45) is 11.8 Å². The van der Waals surface area contributed by atoms with E-state index in [-0.39, 0.29) is 42.1 Å². The molecule has 5 heteroatoms. The molecule has 1 heterocycles. The second-order valence-corrected chi connectivity index (χ2v) is 7.28. The fourth-order valence-corrected chi connectivity index (χ4v) is 4.16. The van der Waals surface area contributed by atoms with Crippen LogP contribution in [0.4, 0.5) is 0 Å². The summed E-state index contributed by atoms with van der Waals surface area (Å²) in [4.78, 5) is 38.7. The van der Waals surface area contributed by atoms with Crippen LogP contribution in [0, 0.1) is 11.8 Å². The van der Waals surface area contributed by atoms with Gasteiger partial charge in [-0.2, -0.15) is 0 Å². The van der Waals surface area contributed by atoms with Crippen LogP contribution in [-0.2, 0) is 14.4 Å². The number of imide groups is 1. The minimum Gasteiger partial charge on any atom is -0.348 e. The lowest BCUT2D eigenvalue weighted by molar-refractivity contribution is -0.143. The molecule has 1 saturated heterocycles. The Morgan fingerprint density at radius 2 is 1.67 bits per heavy atom. The Labute approximate surface area is 158 Å². The molecule has 5 nitrogen and oxygen atoms in total. The molecule has 3 atom stereocenters. The van der Waals surface area contributed by atoms with Crippen LogP contribution in [0.3, 0.4) is 0 Å². The first-order valence-electron chi connectivity index (χ1n) is 9.33. The minimum absolute atomic E-state index is 0.209. The Morgan fingerprint density at radius 3 is 2.37 bits per heavy atom. The van der Waals surface area contributed by atoms with Crippen molar-refractivity contribution in [1.82, 2.24) is 10.2 Å². The smallest absolute Gasteiger partial charge is 0.240 e. The van der Waals surface area contributed by atoms with E-state index < -0.39 is 0 Å². The van der Waals surface area contributed by atoms with Crippen molar-refractivity contribution in [3.05, 3.63) is 60.2 Å². The molecular formula is C22H22N2O3. The number of hydrogen-bond acceptors (Lipinski definition) is 3. The fourth-order valence-electron chi connectivity index (χ4n) is 4.16. The summed E-state index contributed by atoms with van der Waals surface area (Å²) in [6, 6.07) is 13.8. The van der Waals surface area contributed by atoms with Crippen molar-refractivity contribution in [1.29, 1.82) is 0 Å². The molecule has 1 N–H and O–H groups in total. The van der Waals surface area contributed by atoms with Gasteiger partial charge in [-0.25, -0.2) is 0 Å². The van der Waals surface area contributed by atoms with E-state index in [1.54, 1.807) is 0 Å². The zero-order valence-corrected chi connectivity index (χ0v) is 15.2. The van der Waals surface area contributed by atoms with Gasteiger partial charge in [0.05, 0.1) is 17.9 Å². The van der Waals surface area contributed by atoms with Crippen molar-refractivity contribution in [3.63, 3.8) is 0 Å². The largest absolute Gasteiger partial charge is 0.348 e. The number of likely N-dealkylation sites (tertiary alicyclic amines) is 1. The average Bonchev–Trinajstić information content (AvgIpc) is 2.92. The number of benzene rings is 2. The van der Waals surface area contributed by atoms with Crippen LogP contribution in [-0.4, -0.2) is 29.2 Å². The standard InChI is InChI=1S/C22H22N2O3/c1-14(16-12-6-8-15-7-2-3-9-17(15)16)23-20(25)13-24-21(26)18-10-4-5-11-19(18)22(24)27/h2-9,12,14,18-19H,10-11,13H2,1H3,(H,23,25)/t14-,18-,19+/m0/s1. The van der Waals surface area contributed by atoms with Gasteiger partial charge in [0.1, 0.15) is 6.54 Å². The summed E-state index contributed by atoms with van der Waals surface area (Å²) in [6.07, 6.45) is 5.05. The second kappa shape index (κ2) is 6.99. The molecule has 0 spiro atoms. The lowest BCUT2D eigenvalue weighted by Crippen LogP contribution is -2.41. The predicted octanol–water partition coefficient (Wildman–Crippen LogP) is 2.97. The van der Waals surface area contributed by atoms with Crippen molar-refractivity contribution in [2.45, 2.75) is 25.8 Å². The van der Waals surface area contributed by atoms with Crippen molar-refractivity contribution < 1.29 is 14.4 Å². The molecule has 1 fully saturated rings. The molecule has 1 aliphatic heterocycles. The maximum atomic E-state index is 12.5. The first kappa shape index (κ1) is 17.5. The number of carbonyl (C=O) groups is 3.